The maximum atomic E-state index is 5.48. The largest absolute Gasteiger partial charge is 0.463 e. The highest BCUT2D eigenvalue weighted by atomic mass is 16.5. The van der Waals surface area contributed by atoms with Gasteiger partial charge in [0.15, 0.2) is 0 Å². The molecule has 118 valence electrons. The number of nitrogens with one attached hydrogen (secondary N) is 2. The molecular weight excluding hydrogens is 268 g/mol. The Bertz CT molecular complexity index is 465. The molecule has 21 heavy (non-hydrogen) atoms. The minimum absolute atomic E-state index is 0.228. The van der Waals surface area contributed by atoms with Gasteiger partial charge in [0.05, 0.1) is 6.61 Å². The molecule has 1 unspecified atom stereocenters. The summed E-state index contributed by atoms with van der Waals surface area (Å²) in [7, 11) is 0. The number of nitrogens with two attached hydrogens (primary N) is 1. The van der Waals surface area contributed by atoms with Crippen molar-refractivity contribution in [1.82, 2.24) is 15.0 Å². The van der Waals surface area contributed by atoms with Crippen LogP contribution in [-0.2, 0) is 0 Å². The van der Waals surface area contributed by atoms with Gasteiger partial charge in [-0.15, -0.1) is 0 Å². The van der Waals surface area contributed by atoms with Gasteiger partial charge in [-0.2, -0.15) is 15.0 Å². The van der Waals surface area contributed by atoms with Crippen LogP contribution < -0.4 is 21.3 Å². The topological polar surface area (TPSA) is 98.0 Å². The van der Waals surface area contributed by atoms with Crippen LogP contribution in [0.1, 0.15) is 52.9 Å². The van der Waals surface area contributed by atoms with Crippen LogP contribution in [0.2, 0.25) is 0 Å². The lowest BCUT2D eigenvalue weighted by Gasteiger charge is -2.39. The van der Waals surface area contributed by atoms with E-state index in [-0.39, 0.29) is 5.41 Å². The molecule has 1 aromatic heterocycles. The summed E-state index contributed by atoms with van der Waals surface area (Å²) in [5, 5.41) is 3.42. The van der Waals surface area contributed by atoms with Crippen molar-refractivity contribution in [2.45, 2.75) is 58.9 Å². The molecule has 0 spiro atoms. The average Bonchev–Trinajstić information content (AvgIpc) is 2.47. The Morgan fingerprint density at radius 2 is 2.00 bits per heavy atom. The number of nitrogen functional groups attached to an aromatic ring is 1. The van der Waals surface area contributed by atoms with Gasteiger partial charge in [-0.25, -0.2) is 5.84 Å². The molecule has 0 radical (unpaired) electrons. The fourth-order valence-corrected chi connectivity index (χ4v) is 2.66. The van der Waals surface area contributed by atoms with E-state index in [1.165, 1.54) is 19.3 Å². The Kier molecular flexibility index (Phi) is 5.17. The molecule has 0 amide bonds. The number of anilines is 2. The van der Waals surface area contributed by atoms with E-state index in [4.69, 9.17) is 10.6 Å². The van der Waals surface area contributed by atoms with Gasteiger partial charge in [-0.3, -0.25) is 5.43 Å². The zero-order valence-electron chi connectivity index (χ0n) is 13.1. The van der Waals surface area contributed by atoms with Crippen molar-refractivity contribution in [3.05, 3.63) is 0 Å². The lowest BCUT2D eigenvalue weighted by Crippen LogP contribution is -2.39. The SMILES string of the molecule is CCCOc1nc(NN)nc(NC2CCCCC2(C)C)n1. The van der Waals surface area contributed by atoms with E-state index in [9.17, 15) is 0 Å². The molecule has 1 aliphatic rings. The zero-order chi connectivity index (χ0) is 15.3. The quantitative estimate of drug-likeness (QED) is 0.547. The van der Waals surface area contributed by atoms with E-state index in [2.05, 4.69) is 39.5 Å². The van der Waals surface area contributed by atoms with E-state index >= 15 is 0 Å². The number of rotatable bonds is 6. The Morgan fingerprint density at radius 3 is 2.67 bits per heavy atom. The maximum Gasteiger partial charge on any atom is 0.323 e. The normalized spacial score (nSPS) is 20.9. The van der Waals surface area contributed by atoms with Gasteiger partial charge in [-0.1, -0.05) is 33.6 Å². The van der Waals surface area contributed by atoms with Gasteiger partial charge in [0.1, 0.15) is 0 Å². The third-order valence-electron chi connectivity index (χ3n) is 3.99. The first-order valence-electron chi connectivity index (χ1n) is 7.67. The first kappa shape index (κ1) is 15.8. The molecule has 1 fully saturated rings. The molecule has 1 atom stereocenters. The van der Waals surface area contributed by atoms with Crippen molar-refractivity contribution >= 4 is 11.9 Å². The standard InChI is InChI=1S/C14H26N6O/c1-4-9-21-13-18-11(17-12(19-13)20-15)16-10-7-5-6-8-14(10,2)3/h10H,4-9,15H2,1-3H3,(H2,16,17,18,19,20). The molecular formula is C14H26N6O. The Balaban J connectivity index is 2.14. The maximum absolute atomic E-state index is 5.48. The number of hydrogen-bond acceptors (Lipinski definition) is 7. The molecule has 2 rings (SSSR count). The van der Waals surface area contributed by atoms with Crippen LogP contribution in [0.5, 0.6) is 6.01 Å². The molecule has 4 N–H and O–H groups in total. The molecule has 7 nitrogen and oxygen atoms in total. The van der Waals surface area contributed by atoms with Crippen molar-refractivity contribution in [1.29, 1.82) is 0 Å². The monoisotopic (exact) mass is 294 g/mol. The van der Waals surface area contributed by atoms with Crippen molar-refractivity contribution in [3.63, 3.8) is 0 Å². The average molecular weight is 294 g/mol. The van der Waals surface area contributed by atoms with Crippen LogP contribution in [0.25, 0.3) is 0 Å². The summed E-state index contributed by atoms with van der Waals surface area (Å²) >= 11 is 0. The van der Waals surface area contributed by atoms with Crippen LogP contribution in [0.3, 0.4) is 0 Å². The lowest BCUT2D eigenvalue weighted by atomic mass is 9.73. The third-order valence-corrected chi connectivity index (χ3v) is 3.99. The molecule has 1 aliphatic carbocycles. The minimum Gasteiger partial charge on any atom is -0.463 e. The molecule has 0 bridgehead atoms. The van der Waals surface area contributed by atoms with Gasteiger partial charge in [0.25, 0.3) is 0 Å². The molecule has 0 aromatic carbocycles. The molecule has 1 heterocycles. The van der Waals surface area contributed by atoms with Crippen molar-refractivity contribution < 1.29 is 4.74 Å². The second-order valence-corrected chi connectivity index (χ2v) is 6.19. The molecule has 1 aromatic rings. The second kappa shape index (κ2) is 6.89. The zero-order valence-corrected chi connectivity index (χ0v) is 13.1. The highest BCUT2D eigenvalue weighted by Crippen LogP contribution is 2.36. The molecule has 0 aliphatic heterocycles. The number of hydrogen-bond donors (Lipinski definition) is 3. The Hall–Kier alpha value is -1.63. The van der Waals surface area contributed by atoms with Gasteiger partial charge in [0.2, 0.25) is 11.9 Å². The summed E-state index contributed by atoms with van der Waals surface area (Å²) in [5.74, 6) is 6.25. The van der Waals surface area contributed by atoms with Crippen LogP contribution in [0, 0.1) is 5.41 Å². The second-order valence-electron chi connectivity index (χ2n) is 6.19. The van der Waals surface area contributed by atoms with Crippen LogP contribution in [-0.4, -0.2) is 27.6 Å². The van der Waals surface area contributed by atoms with Gasteiger partial charge in [-0.05, 0) is 24.7 Å². The molecule has 0 saturated heterocycles. The predicted octanol–water partition coefficient (Wildman–Crippen LogP) is 2.33. The Labute approximate surface area is 126 Å². The predicted molar refractivity (Wildman–Crippen MR) is 83.1 cm³/mol. The van der Waals surface area contributed by atoms with E-state index in [0.29, 0.717) is 30.6 Å². The number of aromatic nitrogens is 3. The molecule has 7 heteroatoms. The van der Waals surface area contributed by atoms with E-state index < -0.39 is 0 Å². The van der Waals surface area contributed by atoms with Crippen LogP contribution >= 0.6 is 0 Å². The fraction of sp³-hybridized carbons (Fsp3) is 0.786. The number of nitrogens with zero attached hydrogens (tertiary/aromatic N) is 3. The number of hydrazine groups is 1. The van der Waals surface area contributed by atoms with Crippen molar-refractivity contribution in [2.75, 3.05) is 17.3 Å². The summed E-state index contributed by atoms with van der Waals surface area (Å²) in [5.41, 5.74) is 2.69. The van der Waals surface area contributed by atoms with Gasteiger partial charge >= 0.3 is 6.01 Å². The lowest BCUT2D eigenvalue weighted by molar-refractivity contribution is 0.216. The molecule has 1 saturated carbocycles. The summed E-state index contributed by atoms with van der Waals surface area (Å²) in [6.45, 7) is 7.17. The van der Waals surface area contributed by atoms with Crippen molar-refractivity contribution in [3.8, 4) is 6.01 Å². The van der Waals surface area contributed by atoms with Gasteiger partial charge < -0.3 is 10.1 Å². The third kappa shape index (κ3) is 4.17. The minimum atomic E-state index is 0.228. The van der Waals surface area contributed by atoms with Crippen LogP contribution in [0.15, 0.2) is 0 Å². The first-order chi connectivity index (χ1) is 10.0. The fourth-order valence-electron chi connectivity index (χ4n) is 2.66. The summed E-state index contributed by atoms with van der Waals surface area (Å²) < 4.78 is 5.48. The van der Waals surface area contributed by atoms with Crippen molar-refractivity contribution in [2.24, 2.45) is 11.3 Å². The van der Waals surface area contributed by atoms with E-state index in [0.717, 1.165) is 12.8 Å². The summed E-state index contributed by atoms with van der Waals surface area (Å²) in [4.78, 5) is 12.7. The highest BCUT2D eigenvalue weighted by molar-refractivity contribution is 5.36. The first-order valence-corrected chi connectivity index (χ1v) is 7.67. The highest BCUT2D eigenvalue weighted by Gasteiger charge is 2.32. The van der Waals surface area contributed by atoms with E-state index in [1.54, 1.807) is 0 Å². The van der Waals surface area contributed by atoms with Crippen LogP contribution in [0.4, 0.5) is 11.9 Å². The van der Waals surface area contributed by atoms with E-state index in [1.807, 2.05) is 6.92 Å². The number of ether oxygens (including phenoxy) is 1. The smallest absolute Gasteiger partial charge is 0.323 e. The van der Waals surface area contributed by atoms with Gasteiger partial charge in [0, 0.05) is 6.04 Å². The summed E-state index contributed by atoms with van der Waals surface area (Å²) in [6, 6.07) is 0.647. The summed E-state index contributed by atoms with van der Waals surface area (Å²) in [6.07, 6.45) is 5.73. The Morgan fingerprint density at radius 1 is 1.24 bits per heavy atom.